The second-order valence-electron chi connectivity index (χ2n) is 4.67. The SMILES string of the molecule is C=C1CCC/C1=C(\C)C1=C(C)CCC1. The monoisotopic (exact) mass is 188 g/mol. The van der Waals surface area contributed by atoms with Gasteiger partial charge in [0.25, 0.3) is 0 Å². The summed E-state index contributed by atoms with van der Waals surface area (Å²) in [5, 5.41) is 0. The Kier molecular flexibility index (Phi) is 2.62. The van der Waals surface area contributed by atoms with Gasteiger partial charge in [-0.3, -0.25) is 0 Å². The Balaban J connectivity index is 2.34. The van der Waals surface area contributed by atoms with E-state index in [0.717, 1.165) is 0 Å². The van der Waals surface area contributed by atoms with Gasteiger partial charge in [-0.15, -0.1) is 0 Å². The molecule has 0 radical (unpaired) electrons. The maximum absolute atomic E-state index is 4.17. The van der Waals surface area contributed by atoms with Gasteiger partial charge in [0.1, 0.15) is 0 Å². The van der Waals surface area contributed by atoms with Crippen molar-refractivity contribution < 1.29 is 0 Å². The normalized spacial score (nSPS) is 26.3. The van der Waals surface area contributed by atoms with E-state index in [2.05, 4.69) is 20.4 Å². The fourth-order valence-electron chi connectivity index (χ4n) is 2.84. The summed E-state index contributed by atoms with van der Waals surface area (Å²) in [6.45, 7) is 8.77. The zero-order valence-electron chi connectivity index (χ0n) is 9.45. The van der Waals surface area contributed by atoms with Crippen LogP contribution < -0.4 is 0 Å². The number of rotatable bonds is 1. The van der Waals surface area contributed by atoms with Gasteiger partial charge in [0, 0.05) is 0 Å². The van der Waals surface area contributed by atoms with Gasteiger partial charge >= 0.3 is 0 Å². The van der Waals surface area contributed by atoms with E-state index in [0.29, 0.717) is 0 Å². The summed E-state index contributed by atoms with van der Waals surface area (Å²) in [7, 11) is 0. The lowest BCUT2D eigenvalue weighted by Gasteiger charge is -2.10. The third kappa shape index (κ3) is 1.58. The van der Waals surface area contributed by atoms with E-state index < -0.39 is 0 Å². The molecule has 0 bridgehead atoms. The highest BCUT2D eigenvalue weighted by atomic mass is 14.2. The molecule has 0 heteroatoms. The van der Waals surface area contributed by atoms with E-state index in [9.17, 15) is 0 Å². The summed E-state index contributed by atoms with van der Waals surface area (Å²) in [6.07, 6.45) is 7.78. The number of hydrogen-bond acceptors (Lipinski definition) is 0. The third-order valence-electron chi connectivity index (χ3n) is 3.73. The molecule has 0 N–H and O–H groups in total. The zero-order valence-corrected chi connectivity index (χ0v) is 9.45. The molecule has 0 aliphatic heterocycles. The van der Waals surface area contributed by atoms with Crippen LogP contribution in [0.25, 0.3) is 0 Å². The molecule has 14 heavy (non-hydrogen) atoms. The average molecular weight is 188 g/mol. The molecule has 0 atom stereocenters. The largest absolute Gasteiger partial charge is 0.0955 e. The molecule has 0 aromatic heterocycles. The van der Waals surface area contributed by atoms with Gasteiger partial charge in [-0.2, -0.15) is 0 Å². The van der Waals surface area contributed by atoms with Gasteiger partial charge in [-0.25, -0.2) is 0 Å². The molecule has 0 amide bonds. The first-order valence-electron chi connectivity index (χ1n) is 5.77. The summed E-state index contributed by atoms with van der Waals surface area (Å²) in [5.74, 6) is 0. The molecule has 1 saturated carbocycles. The predicted octanol–water partition coefficient (Wildman–Crippen LogP) is 4.54. The van der Waals surface area contributed by atoms with Crippen LogP contribution in [0.5, 0.6) is 0 Å². The van der Waals surface area contributed by atoms with E-state index in [1.165, 1.54) is 44.1 Å². The van der Waals surface area contributed by atoms with Crippen molar-refractivity contribution in [2.75, 3.05) is 0 Å². The minimum Gasteiger partial charge on any atom is -0.0955 e. The van der Waals surface area contributed by atoms with Crippen LogP contribution in [0.15, 0.2) is 34.4 Å². The van der Waals surface area contributed by atoms with Crippen molar-refractivity contribution in [3.63, 3.8) is 0 Å². The molecule has 0 aromatic rings. The van der Waals surface area contributed by atoms with Gasteiger partial charge in [0.05, 0.1) is 0 Å². The first kappa shape index (κ1) is 9.76. The Morgan fingerprint density at radius 1 is 1.07 bits per heavy atom. The van der Waals surface area contributed by atoms with Crippen molar-refractivity contribution in [3.05, 3.63) is 34.4 Å². The summed E-state index contributed by atoms with van der Waals surface area (Å²) >= 11 is 0. The van der Waals surface area contributed by atoms with Gasteiger partial charge in [0.15, 0.2) is 0 Å². The molecular formula is C14H20. The van der Waals surface area contributed by atoms with Crippen LogP contribution in [-0.4, -0.2) is 0 Å². The maximum Gasteiger partial charge on any atom is -0.0270 e. The summed E-state index contributed by atoms with van der Waals surface area (Å²) in [6, 6.07) is 0. The van der Waals surface area contributed by atoms with E-state index in [1.54, 1.807) is 22.3 Å². The highest BCUT2D eigenvalue weighted by Gasteiger charge is 2.19. The zero-order chi connectivity index (χ0) is 10.1. The average Bonchev–Trinajstić information content (AvgIpc) is 2.73. The van der Waals surface area contributed by atoms with Crippen molar-refractivity contribution in [1.82, 2.24) is 0 Å². The van der Waals surface area contributed by atoms with Gasteiger partial charge in [0.2, 0.25) is 0 Å². The molecule has 0 spiro atoms. The molecule has 2 rings (SSSR count). The molecule has 0 heterocycles. The first-order chi connectivity index (χ1) is 6.70. The number of allylic oxidation sites excluding steroid dienone is 5. The molecule has 0 aromatic carbocycles. The van der Waals surface area contributed by atoms with Crippen molar-refractivity contribution in [2.45, 2.75) is 52.4 Å². The molecule has 2 aliphatic rings. The van der Waals surface area contributed by atoms with Crippen molar-refractivity contribution in [1.29, 1.82) is 0 Å². The van der Waals surface area contributed by atoms with Crippen LogP contribution in [0, 0.1) is 0 Å². The number of hydrogen-bond donors (Lipinski definition) is 0. The molecular weight excluding hydrogens is 168 g/mol. The molecule has 1 fully saturated rings. The van der Waals surface area contributed by atoms with E-state index in [4.69, 9.17) is 0 Å². The van der Waals surface area contributed by atoms with Gasteiger partial charge < -0.3 is 0 Å². The molecule has 76 valence electrons. The van der Waals surface area contributed by atoms with E-state index in [1.807, 2.05) is 0 Å². The van der Waals surface area contributed by atoms with Crippen molar-refractivity contribution >= 4 is 0 Å². The van der Waals surface area contributed by atoms with Gasteiger partial charge in [-0.1, -0.05) is 17.7 Å². The second kappa shape index (κ2) is 3.76. The second-order valence-corrected chi connectivity index (χ2v) is 4.67. The topological polar surface area (TPSA) is 0 Å². The standard InChI is InChI=1S/C14H20/c1-10-6-4-8-13(10)12(3)14-9-5-7-11(14)2/h1,4-9H2,2-3H3/b13-12-. The minimum absolute atomic E-state index is 1.22. The van der Waals surface area contributed by atoms with E-state index >= 15 is 0 Å². The van der Waals surface area contributed by atoms with Crippen molar-refractivity contribution in [3.8, 4) is 0 Å². The lowest BCUT2D eigenvalue weighted by Crippen LogP contribution is -1.90. The molecule has 2 aliphatic carbocycles. The van der Waals surface area contributed by atoms with Crippen molar-refractivity contribution in [2.24, 2.45) is 0 Å². The van der Waals surface area contributed by atoms with E-state index in [-0.39, 0.29) is 0 Å². The molecule has 0 unspecified atom stereocenters. The summed E-state index contributed by atoms with van der Waals surface area (Å²) in [5.41, 5.74) is 7.79. The Morgan fingerprint density at radius 3 is 2.29 bits per heavy atom. The fourth-order valence-corrected chi connectivity index (χ4v) is 2.84. The fraction of sp³-hybridized carbons (Fsp3) is 0.571. The van der Waals surface area contributed by atoms with Gasteiger partial charge in [-0.05, 0) is 69.1 Å². The third-order valence-corrected chi connectivity index (χ3v) is 3.73. The Hall–Kier alpha value is -0.780. The lowest BCUT2D eigenvalue weighted by atomic mass is 9.96. The Labute approximate surface area is 87.4 Å². The Morgan fingerprint density at radius 2 is 1.79 bits per heavy atom. The lowest BCUT2D eigenvalue weighted by molar-refractivity contribution is 0.891. The minimum atomic E-state index is 1.22. The summed E-state index contributed by atoms with van der Waals surface area (Å²) < 4.78 is 0. The van der Waals surface area contributed by atoms with Crippen LogP contribution in [0.2, 0.25) is 0 Å². The van der Waals surface area contributed by atoms with Crippen LogP contribution in [0.1, 0.15) is 52.4 Å². The maximum atomic E-state index is 4.17. The van der Waals surface area contributed by atoms with Crippen LogP contribution in [0.3, 0.4) is 0 Å². The van der Waals surface area contributed by atoms with Crippen LogP contribution in [-0.2, 0) is 0 Å². The Bertz CT molecular complexity index is 326. The smallest absolute Gasteiger partial charge is 0.0270 e. The molecule has 0 saturated heterocycles. The van der Waals surface area contributed by atoms with Crippen LogP contribution in [0.4, 0.5) is 0 Å². The highest BCUT2D eigenvalue weighted by molar-refractivity contribution is 5.47. The summed E-state index contributed by atoms with van der Waals surface area (Å²) in [4.78, 5) is 0. The predicted molar refractivity (Wildman–Crippen MR) is 62.2 cm³/mol. The first-order valence-corrected chi connectivity index (χ1v) is 5.77. The quantitative estimate of drug-likeness (QED) is 0.566. The highest BCUT2D eigenvalue weighted by Crippen LogP contribution is 2.38. The molecule has 0 nitrogen and oxygen atoms in total. The van der Waals surface area contributed by atoms with Crippen LogP contribution >= 0.6 is 0 Å².